The minimum atomic E-state index is -1.15. The van der Waals surface area contributed by atoms with Crippen molar-refractivity contribution in [3.8, 4) is 51.6 Å². The van der Waals surface area contributed by atoms with Gasteiger partial charge < -0.3 is 47.9 Å². The summed E-state index contributed by atoms with van der Waals surface area (Å²) < 4.78 is 43.6. The number of carboxylic acid groups (broad SMARTS) is 1. The number of aromatic carboxylic acids is 1. The molecule has 0 saturated carbocycles. The van der Waals surface area contributed by atoms with E-state index in [4.69, 9.17) is 37.3 Å². The highest BCUT2D eigenvalue weighted by Gasteiger charge is 2.28. The van der Waals surface area contributed by atoms with Crippen LogP contribution in [-0.2, 0) is 25.9 Å². The zero-order chi connectivity index (χ0) is 53.2. The summed E-state index contributed by atoms with van der Waals surface area (Å²) in [5.41, 5.74) is 4.96. The van der Waals surface area contributed by atoms with Crippen LogP contribution >= 0.6 is 0 Å². The minimum absolute atomic E-state index is 0.0597. The molecule has 0 radical (unpaired) electrons. The van der Waals surface area contributed by atoms with Crippen molar-refractivity contribution in [2.45, 2.75) is 38.5 Å². The molecule has 394 valence electrons. The molecule has 25 nitrogen and oxygen atoms in total. The topological polar surface area (TPSA) is 303 Å². The number of carboxylic acids is 1. The lowest BCUT2D eigenvalue weighted by Crippen LogP contribution is -2.14. The number of nitrogens with one attached hydrogen (secondary N) is 2. The predicted molar refractivity (Wildman–Crippen MR) is 271 cm³/mol. The van der Waals surface area contributed by atoms with Crippen molar-refractivity contribution in [3.63, 3.8) is 0 Å². The van der Waals surface area contributed by atoms with E-state index in [9.17, 15) is 14.4 Å². The van der Waals surface area contributed by atoms with Crippen LogP contribution in [0, 0.1) is 0 Å². The Labute approximate surface area is 434 Å². The predicted octanol–water partition coefficient (Wildman–Crippen LogP) is 7.19. The highest BCUT2D eigenvalue weighted by molar-refractivity contribution is 5.99. The lowest BCUT2D eigenvalue weighted by atomic mass is 9.91. The van der Waals surface area contributed by atoms with Gasteiger partial charge in [0.05, 0.1) is 97.6 Å². The molecule has 0 fully saturated rings. The Balaban J connectivity index is 0.000000151. The average molecular weight is 1040 g/mol. The normalized spacial score (nSPS) is 12.8. The van der Waals surface area contributed by atoms with Crippen LogP contribution in [0.3, 0.4) is 0 Å². The average Bonchev–Trinajstić information content (AvgIpc) is 4.31. The van der Waals surface area contributed by atoms with Gasteiger partial charge in [0, 0.05) is 77.0 Å². The number of fused-ring (bicyclic) bond motifs is 4. The number of pyridine rings is 3. The van der Waals surface area contributed by atoms with Crippen LogP contribution in [0.1, 0.15) is 75.6 Å². The molecule has 0 aromatic carbocycles. The first kappa shape index (κ1) is 52.6. The summed E-state index contributed by atoms with van der Waals surface area (Å²) in [5, 5.41) is 27.8. The Bertz CT molecular complexity index is 3320. The largest absolute Gasteiger partial charge is 0.491 e. The first-order valence-corrected chi connectivity index (χ1v) is 24.0. The fourth-order valence-corrected chi connectivity index (χ4v) is 7.43. The van der Waals surface area contributed by atoms with E-state index >= 15 is 0 Å². The number of nitrogens with zero attached hydrogens (tertiary/aromatic N) is 12. The van der Waals surface area contributed by atoms with Crippen LogP contribution in [-0.4, -0.2) is 122 Å². The maximum absolute atomic E-state index is 12.9. The summed E-state index contributed by atoms with van der Waals surface area (Å²) in [7, 11) is 5.56. The molecule has 0 spiro atoms. The number of aryl methyl sites for hydroxylation is 3. The molecule has 25 heteroatoms. The molecule has 0 saturated heterocycles. The maximum atomic E-state index is 12.9. The van der Waals surface area contributed by atoms with Crippen LogP contribution in [0.2, 0.25) is 0 Å². The molecule has 1 atom stereocenters. The number of oxazole rings is 3. The standard InChI is InChI=1S/C18H21N5O4.C17H16N4O3.C16H17N5O4/c1-3-25-18(24)15-12-27-17(22-15)14-5-7-19-10-16(14)26-8-4-6-20-13-9-21-23(2)11-13;1-21-9-11(7-19-21)12-3-2-6-23-15-8-18-5-4-13(15)17-20-14(10-24-17)16(12)22;1-21-9-11(7-19-21)18-4-2-6-24-14-8-17-5-3-12(14)15-20-13(10-25-15)16(22)23/h5,7,9-12,20H,3-4,6,8H2,1-2H3;4-5,7-10,12H,2-3,6H2,1H3;3,5,7-10,18H,2,4,6H2,1H3,(H,22,23). The van der Waals surface area contributed by atoms with Crippen molar-refractivity contribution in [3.05, 3.63) is 134 Å². The monoisotopic (exact) mass is 1040 g/mol. The van der Waals surface area contributed by atoms with Crippen molar-refractivity contribution in [1.82, 2.24) is 59.2 Å². The summed E-state index contributed by atoms with van der Waals surface area (Å²) in [5.74, 6) is 0.431. The number of aromatic nitrogens is 12. The SMILES string of the molecule is CCOC(=O)c1coc(-c2ccncc2OCCCNc2cnn(C)c2)n1.Cn1cc(C2CCCOc3cnccc3-c3nc(co3)C2=O)cn1.Cn1cc(NCCCOc2cnccc2-c2nc(C(=O)O)co2)cn1. The molecule has 2 bridgehead atoms. The second kappa shape index (κ2) is 25.8. The van der Waals surface area contributed by atoms with Crippen LogP contribution in [0.4, 0.5) is 11.4 Å². The zero-order valence-electron chi connectivity index (χ0n) is 41.9. The zero-order valence-corrected chi connectivity index (χ0v) is 41.9. The van der Waals surface area contributed by atoms with Gasteiger partial charge in [-0.25, -0.2) is 24.5 Å². The molecule has 10 rings (SSSR count). The van der Waals surface area contributed by atoms with Gasteiger partial charge in [-0.05, 0) is 50.8 Å². The quantitative estimate of drug-likeness (QED) is 0.0566. The number of hydrogen-bond acceptors (Lipinski definition) is 21. The third kappa shape index (κ3) is 14.1. The van der Waals surface area contributed by atoms with E-state index < -0.39 is 11.9 Å². The van der Waals surface area contributed by atoms with Crippen LogP contribution in [0.25, 0.3) is 34.4 Å². The molecule has 3 N–H and O–H groups in total. The third-order valence-corrected chi connectivity index (χ3v) is 11.1. The summed E-state index contributed by atoms with van der Waals surface area (Å²) in [6.07, 6.45) is 27.2. The fourth-order valence-electron chi connectivity index (χ4n) is 7.43. The Morgan fingerprint density at radius 1 is 0.684 bits per heavy atom. The van der Waals surface area contributed by atoms with E-state index in [1.54, 1.807) is 94.9 Å². The number of carbonyl (C=O) groups is 3. The van der Waals surface area contributed by atoms with Gasteiger partial charge in [0.15, 0.2) is 17.2 Å². The Kier molecular flexibility index (Phi) is 17.9. The Morgan fingerprint density at radius 2 is 1.22 bits per heavy atom. The Morgan fingerprint density at radius 3 is 1.78 bits per heavy atom. The summed E-state index contributed by atoms with van der Waals surface area (Å²) in [6, 6.07) is 5.16. The third-order valence-electron chi connectivity index (χ3n) is 11.1. The number of ketones is 1. The van der Waals surface area contributed by atoms with E-state index in [1.807, 2.05) is 39.7 Å². The van der Waals surface area contributed by atoms with Gasteiger partial charge in [-0.2, -0.15) is 15.3 Å². The lowest BCUT2D eigenvalue weighted by Gasteiger charge is -2.13. The highest BCUT2D eigenvalue weighted by Crippen LogP contribution is 2.33. The second-order valence-electron chi connectivity index (χ2n) is 16.7. The van der Waals surface area contributed by atoms with Crippen LogP contribution in [0.5, 0.6) is 17.2 Å². The lowest BCUT2D eigenvalue weighted by molar-refractivity contribution is 0.0518. The fraction of sp³-hybridized carbons (Fsp3) is 0.294. The number of esters is 1. The number of carbonyl (C=O) groups excluding carboxylic acids is 2. The van der Waals surface area contributed by atoms with Gasteiger partial charge in [-0.15, -0.1) is 0 Å². The van der Waals surface area contributed by atoms with Gasteiger partial charge in [-0.1, -0.05) is 0 Å². The molecule has 1 aliphatic rings. The molecule has 9 aromatic rings. The molecule has 76 heavy (non-hydrogen) atoms. The first-order valence-electron chi connectivity index (χ1n) is 24.0. The molecule has 1 aliphatic heterocycles. The van der Waals surface area contributed by atoms with Gasteiger partial charge in [0.2, 0.25) is 17.7 Å². The Hall–Kier alpha value is -9.68. The number of hydrogen-bond donors (Lipinski definition) is 3. The van der Waals surface area contributed by atoms with Crippen molar-refractivity contribution >= 4 is 29.1 Å². The number of ether oxygens (including phenoxy) is 4. The van der Waals surface area contributed by atoms with Crippen molar-refractivity contribution < 1.29 is 51.7 Å². The minimum Gasteiger partial charge on any atom is -0.491 e. The van der Waals surface area contributed by atoms with E-state index in [0.29, 0.717) is 71.8 Å². The van der Waals surface area contributed by atoms with Gasteiger partial charge in [0.25, 0.3) is 0 Å². The summed E-state index contributed by atoms with van der Waals surface area (Å²) in [6.45, 7) is 4.91. The molecule has 10 heterocycles. The van der Waals surface area contributed by atoms with Crippen molar-refractivity contribution in [2.24, 2.45) is 21.1 Å². The smallest absolute Gasteiger partial charge is 0.360 e. The molecular weight excluding hydrogens is 985 g/mol. The number of Topliss-reactive ketones (excluding diaryl/α,β-unsaturated/α-hetero) is 1. The molecule has 1 unspecified atom stereocenters. The number of rotatable bonds is 18. The van der Waals surface area contributed by atoms with Gasteiger partial charge in [0.1, 0.15) is 41.7 Å². The second-order valence-corrected chi connectivity index (χ2v) is 16.7. The van der Waals surface area contributed by atoms with Gasteiger partial charge in [-0.3, -0.25) is 33.8 Å². The molecule has 9 aromatic heterocycles. The van der Waals surface area contributed by atoms with Crippen molar-refractivity contribution in [2.75, 3.05) is 50.2 Å². The molecule has 0 aliphatic carbocycles. The molecule has 0 amide bonds. The van der Waals surface area contributed by atoms with Crippen molar-refractivity contribution in [1.29, 1.82) is 0 Å². The van der Waals surface area contributed by atoms with Crippen LogP contribution < -0.4 is 24.8 Å². The van der Waals surface area contributed by atoms with Gasteiger partial charge >= 0.3 is 11.9 Å². The number of anilines is 2. The summed E-state index contributed by atoms with van der Waals surface area (Å²) in [4.78, 5) is 60.2. The summed E-state index contributed by atoms with van der Waals surface area (Å²) >= 11 is 0. The van der Waals surface area contributed by atoms with Crippen LogP contribution in [0.15, 0.2) is 125 Å². The van der Waals surface area contributed by atoms with E-state index in [1.165, 1.54) is 12.5 Å². The van der Waals surface area contributed by atoms with E-state index in [2.05, 4.69) is 55.8 Å². The highest BCUT2D eigenvalue weighted by atomic mass is 16.5. The van der Waals surface area contributed by atoms with E-state index in [-0.39, 0.29) is 41.5 Å². The maximum Gasteiger partial charge on any atom is 0.360 e. The van der Waals surface area contributed by atoms with E-state index in [0.717, 1.165) is 55.6 Å². The molecular formula is C51H54N14O11. The first-order chi connectivity index (χ1) is 37.0.